The zero-order valence-corrected chi connectivity index (χ0v) is 14.1. The maximum absolute atomic E-state index is 12.7. The summed E-state index contributed by atoms with van der Waals surface area (Å²) in [5.41, 5.74) is 0.188. The minimum Gasteiger partial charge on any atom is -0.366 e. The molecule has 25 heavy (non-hydrogen) atoms. The molecular formula is C15H11ClN4O4S. The number of rotatable bonds is 6. The van der Waals surface area contributed by atoms with Gasteiger partial charge in [-0.2, -0.15) is 5.10 Å². The highest BCUT2D eigenvalue weighted by molar-refractivity contribution is 7.91. The van der Waals surface area contributed by atoms with Gasteiger partial charge in [-0.3, -0.25) is 14.7 Å². The fraction of sp³-hybridized carbons (Fsp3) is 0.0667. The highest BCUT2D eigenvalue weighted by Crippen LogP contribution is 2.25. The summed E-state index contributed by atoms with van der Waals surface area (Å²) < 4.78 is 25.4. The summed E-state index contributed by atoms with van der Waals surface area (Å²) in [4.78, 5) is 30.3. The Morgan fingerprint density at radius 1 is 1.12 bits per heavy atom. The van der Waals surface area contributed by atoms with Crippen molar-refractivity contribution in [2.75, 3.05) is 0 Å². The zero-order valence-electron chi connectivity index (χ0n) is 12.6. The number of hydrogen-bond donors (Lipinski definition) is 2. The van der Waals surface area contributed by atoms with Gasteiger partial charge in [-0.25, -0.2) is 13.4 Å². The van der Waals surface area contributed by atoms with Gasteiger partial charge in [-0.05, 0) is 29.8 Å². The summed E-state index contributed by atoms with van der Waals surface area (Å²) in [6.07, 6.45) is 3.36. The van der Waals surface area contributed by atoms with Gasteiger partial charge in [0, 0.05) is 23.8 Å². The summed E-state index contributed by atoms with van der Waals surface area (Å²) in [7, 11) is -3.86. The van der Waals surface area contributed by atoms with Crippen LogP contribution in [0.4, 0.5) is 0 Å². The van der Waals surface area contributed by atoms with E-state index in [1.54, 1.807) is 0 Å². The van der Waals surface area contributed by atoms with E-state index in [2.05, 4.69) is 20.2 Å². The number of Topliss-reactive ketones (excluding diaryl/α,β-unsaturated/α-hetero) is 2. The predicted octanol–water partition coefficient (Wildman–Crippen LogP) is 1.61. The van der Waals surface area contributed by atoms with Gasteiger partial charge < -0.3 is 4.98 Å². The van der Waals surface area contributed by atoms with Crippen molar-refractivity contribution in [2.45, 2.75) is 16.2 Å². The number of sulfone groups is 1. The Kier molecular flexibility index (Phi) is 4.51. The van der Waals surface area contributed by atoms with Crippen LogP contribution in [0, 0.1) is 0 Å². The van der Waals surface area contributed by atoms with Crippen LogP contribution >= 0.6 is 11.6 Å². The SMILES string of the molecule is O=C(Cc1c[nH]cc1S(=O)(=O)c1ccc(Cl)cc1)C(=O)c1ncn[nH]1. The molecule has 0 fully saturated rings. The van der Waals surface area contributed by atoms with Crippen LogP contribution in [0.2, 0.25) is 5.02 Å². The second-order valence-electron chi connectivity index (χ2n) is 5.07. The van der Waals surface area contributed by atoms with Crippen LogP contribution in [0.1, 0.15) is 16.2 Å². The number of aromatic amines is 2. The van der Waals surface area contributed by atoms with E-state index in [9.17, 15) is 18.0 Å². The van der Waals surface area contributed by atoms with Crippen molar-refractivity contribution in [1.29, 1.82) is 0 Å². The Balaban J connectivity index is 1.89. The highest BCUT2D eigenvalue weighted by Gasteiger charge is 2.26. The smallest absolute Gasteiger partial charge is 0.265 e. The first-order chi connectivity index (χ1) is 11.9. The average molecular weight is 379 g/mol. The summed E-state index contributed by atoms with van der Waals surface area (Å²) >= 11 is 5.77. The van der Waals surface area contributed by atoms with Crippen LogP contribution in [-0.4, -0.2) is 40.1 Å². The minimum atomic E-state index is -3.86. The Bertz CT molecular complexity index is 1020. The highest BCUT2D eigenvalue weighted by atomic mass is 35.5. The molecule has 2 N–H and O–H groups in total. The molecule has 0 radical (unpaired) electrons. The molecule has 0 aliphatic heterocycles. The number of nitrogens with zero attached hydrogens (tertiary/aromatic N) is 2. The molecule has 0 unspecified atom stereocenters. The molecule has 0 atom stereocenters. The van der Waals surface area contributed by atoms with Gasteiger partial charge in [0.25, 0.3) is 5.78 Å². The van der Waals surface area contributed by atoms with Crippen molar-refractivity contribution in [3.05, 3.63) is 59.4 Å². The van der Waals surface area contributed by atoms with Gasteiger partial charge in [0.1, 0.15) is 6.33 Å². The lowest BCUT2D eigenvalue weighted by atomic mass is 10.1. The van der Waals surface area contributed by atoms with E-state index >= 15 is 0 Å². The van der Waals surface area contributed by atoms with Crippen molar-refractivity contribution in [2.24, 2.45) is 0 Å². The Morgan fingerprint density at radius 3 is 2.48 bits per heavy atom. The van der Waals surface area contributed by atoms with E-state index < -0.39 is 21.4 Å². The van der Waals surface area contributed by atoms with Gasteiger partial charge in [-0.15, -0.1) is 0 Å². The third kappa shape index (κ3) is 3.37. The fourth-order valence-electron chi connectivity index (χ4n) is 2.21. The second-order valence-corrected chi connectivity index (χ2v) is 7.42. The number of ketones is 2. The molecule has 0 amide bonds. The average Bonchev–Trinajstić information content (AvgIpc) is 3.26. The fourth-order valence-corrected chi connectivity index (χ4v) is 3.78. The van der Waals surface area contributed by atoms with Crippen molar-refractivity contribution in [1.82, 2.24) is 20.2 Å². The van der Waals surface area contributed by atoms with Crippen LogP contribution in [0.3, 0.4) is 0 Å². The Morgan fingerprint density at radius 2 is 1.84 bits per heavy atom. The topological polar surface area (TPSA) is 126 Å². The quantitative estimate of drug-likeness (QED) is 0.495. The Hall–Kier alpha value is -2.78. The third-order valence-corrected chi connectivity index (χ3v) is 5.54. The minimum absolute atomic E-state index is 0.0340. The largest absolute Gasteiger partial charge is 0.366 e. The van der Waals surface area contributed by atoms with Gasteiger partial charge in [0.2, 0.25) is 15.6 Å². The summed E-state index contributed by atoms with van der Waals surface area (Å²) in [6.45, 7) is 0. The van der Waals surface area contributed by atoms with Crippen molar-refractivity contribution in [3.8, 4) is 0 Å². The second kappa shape index (κ2) is 6.61. The number of aromatic nitrogens is 4. The Labute approximate surface area is 147 Å². The molecule has 3 aromatic rings. The van der Waals surface area contributed by atoms with E-state index in [1.165, 1.54) is 36.7 Å². The molecule has 0 saturated carbocycles. The molecule has 3 rings (SSSR count). The normalized spacial score (nSPS) is 11.4. The van der Waals surface area contributed by atoms with Gasteiger partial charge in [0.05, 0.1) is 9.79 Å². The number of halogens is 1. The lowest BCUT2D eigenvalue weighted by Crippen LogP contribution is -2.19. The lowest BCUT2D eigenvalue weighted by molar-refractivity contribution is -0.114. The molecule has 1 aromatic carbocycles. The molecule has 0 aliphatic carbocycles. The monoisotopic (exact) mass is 378 g/mol. The number of hydrogen-bond acceptors (Lipinski definition) is 6. The van der Waals surface area contributed by atoms with Gasteiger partial charge in [-0.1, -0.05) is 11.6 Å². The number of H-pyrrole nitrogens is 2. The number of carbonyl (C=O) groups is 2. The van der Waals surface area contributed by atoms with Crippen LogP contribution in [-0.2, 0) is 21.1 Å². The van der Waals surface area contributed by atoms with Gasteiger partial charge >= 0.3 is 0 Å². The number of carbonyl (C=O) groups excluding carboxylic acids is 2. The molecule has 2 heterocycles. The van der Waals surface area contributed by atoms with Crippen LogP contribution in [0.25, 0.3) is 0 Å². The van der Waals surface area contributed by atoms with Crippen molar-refractivity contribution >= 4 is 33.0 Å². The molecular weight excluding hydrogens is 368 g/mol. The van der Waals surface area contributed by atoms with E-state index in [0.29, 0.717) is 5.02 Å². The molecule has 10 heteroatoms. The molecule has 8 nitrogen and oxygen atoms in total. The molecule has 0 bridgehead atoms. The maximum atomic E-state index is 12.7. The van der Waals surface area contributed by atoms with E-state index in [4.69, 9.17) is 11.6 Å². The van der Waals surface area contributed by atoms with Crippen LogP contribution in [0.5, 0.6) is 0 Å². The zero-order chi connectivity index (χ0) is 18.0. The first-order valence-corrected chi connectivity index (χ1v) is 8.85. The van der Waals surface area contributed by atoms with E-state index in [-0.39, 0.29) is 27.6 Å². The molecule has 0 saturated heterocycles. The standard InChI is InChI=1S/C15H11ClN4O4S/c16-10-1-3-11(4-2-10)25(23,24)13-7-17-6-9(13)5-12(21)14(22)15-18-8-19-20-15/h1-4,6-8,17H,5H2,(H,18,19,20). The van der Waals surface area contributed by atoms with Gasteiger partial charge in [0.15, 0.2) is 5.82 Å². The summed E-state index contributed by atoms with van der Waals surface area (Å²) in [5.74, 6) is -1.86. The molecule has 0 spiro atoms. The summed E-state index contributed by atoms with van der Waals surface area (Å²) in [5, 5.41) is 6.21. The lowest BCUT2D eigenvalue weighted by Gasteiger charge is -2.05. The molecule has 2 aromatic heterocycles. The predicted molar refractivity (Wildman–Crippen MR) is 87.1 cm³/mol. The summed E-state index contributed by atoms with van der Waals surface area (Å²) in [6, 6.07) is 5.66. The molecule has 0 aliphatic rings. The van der Waals surface area contributed by atoms with Crippen molar-refractivity contribution in [3.63, 3.8) is 0 Å². The van der Waals surface area contributed by atoms with Crippen molar-refractivity contribution < 1.29 is 18.0 Å². The van der Waals surface area contributed by atoms with E-state index in [1.807, 2.05) is 0 Å². The van der Waals surface area contributed by atoms with E-state index in [0.717, 1.165) is 6.33 Å². The molecule has 128 valence electrons. The number of benzene rings is 1. The first kappa shape index (κ1) is 17.1. The third-order valence-electron chi connectivity index (χ3n) is 3.44. The number of nitrogens with one attached hydrogen (secondary N) is 2. The maximum Gasteiger partial charge on any atom is 0.265 e. The van der Waals surface area contributed by atoms with Crippen LogP contribution in [0.15, 0.2) is 52.8 Å². The first-order valence-electron chi connectivity index (χ1n) is 6.99. The van der Waals surface area contributed by atoms with Crippen LogP contribution < -0.4 is 0 Å².